The van der Waals surface area contributed by atoms with E-state index in [0.29, 0.717) is 36.7 Å². The number of benzene rings is 3. The fourth-order valence-corrected chi connectivity index (χ4v) is 4.02. The lowest BCUT2D eigenvalue weighted by atomic mass is 10.0. The van der Waals surface area contributed by atoms with Crippen LogP contribution < -0.4 is 14.8 Å². The summed E-state index contributed by atoms with van der Waals surface area (Å²) in [6.45, 7) is 8.38. The number of halogens is 1. The minimum Gasteiger partial charge on any atom is -0.490 e. The Bertz CT molecular complexity index is 1350. The van der Waals surface area contributed by atoms with Crippen LogP contribution in [0.1, 0.15) is 34.7 Å². The molecule has 0 unspecified atom stereocenters. The summed E-state index contributed by atoms with van der Waals surface area (Å²) in [7, 11) is 0. The molecule has 7 heteroatoms. The van der Waals surface area contributed by atoms with Crippen molar-refractivity contribution < 1.29 is 23.5 Å². The maximum atomic E-state index is 14.1. The zero-order chi connectivity index (χ0) is 26.4. The lowest BCUT2D eigenvalue weighted by Gasteiger charge is -2.17. The molecule has 190 valence electrons. The Morgan fingerprint density at radius 1 is 1.03 bits per heavy atom. The molecule has 1 fully saturated rings. The van der Waals surface area contributed by atoms with Gasteiger partial charge in [-0.1, -0.05) is 54.1 Å². The predicted octanol–water partition coefficient (Wildman–Crippen LogP) is 5.93. The first kappa shape index (κ1) is 25.7. The van der Waals surface area contributed by atoms with Crippen molar-refractivity contribution in [1.29, 1.82) is 0 Å². The molecule has 37 heavy (non-hydrogen) atoms. The highest BCUT2D eigenvalue weighted by Gasteiger charge is 2.34. The molecule has 3 aromatic carbocycles. The quantitative estimate of drug-likeness (QED) is 0.213. The molecule has 0 bridgehead atoms. The molecular weight excluding hydrogens is 471 g/mol. The minimum absolute atomic E-state index is 0.0988. The Kier molecular flexibility index (Phi) is 8.03. The van der Waals surface area contributed by atoms with Crippen molar-refractivity contribution in [2.24, 2.45) is 0 Å². The average molecular weight is 501 g/mol. The van der Waals surface area contributed by atoms with Crippen LogP contribution in [0.3, 0.4) is 0 Å². The Morgan fingerprint density at radius 2 is 1.78 bits per heavy atom. The number of rotatable bonds is 10. The number of nitrogens with one attached hydrogen (secondary N) is 1. The van der Waals surface area contributed by atoms with Crippen molar-refractivity contribution in [2.45, 2.75) is 33.4 Å². The van der Waals surface area contributed by atoms with Gasteiger partial charge < -0.3 is 14.8 Å². The number of hydrogen-bond donors (Lipinski definition) is 1. The molecule has 0 radical (unpaired) electrons. The van der Waals surface area contributed by atoms with Gasteiger partial charge in [-0.25, -0.2) is 9.18 Å². The van der Waals surface area contributed by atoms with Gasteiger partial charge in [-0.3, -0.25) is 9.69 Å². The monoisotopic (exact) mass is 500 g/mol. The number of imide groups is 1. The van der Waals surface area contributed by atoms with Crippen LogP contribution in [-0.2, 0) is 24.4 Å². The first-order valence-corrected chi connectivity index (χ1v) is 12.1. The molecule has 4 rings (SSSR count). The van der Waals surface area contributed by atoms with Crippen LogP contribution in [0.15, 0.2) is 79.0 Å². The van der Waals surface area contributed by atoms with Gasteiger partial charge in [-0.2, -0.15) is 0 Å². The lowest BCUT2D eigenvalue weighted by molar-refractivity contribution is -0.123. The molecule has 0 aromatic heterocycles. The molecular formula is C30H29FN2O4. The maximum absolute atomic E-state index is 14.1. The highest BCUT2D eigenvalue weighted by molar-refractivity contribution is 6.13. The second-order valence-corrected chi connectivity index (χ2v) is 8.68. The van der Waals surface area contributed by atoms with Crippen LogP contribution in [0, 0.1) is 12.7 Å². The summed E-state index contributed by atoms with van der Waals surface area (Å²) in [5, 5.41) is 2.59. The summed E-state index contributed by atoms with van der Waals surface area (Å²) in [5.74, 6) is 0.126. The summed E-state index contributed by atoms with van der Waals surface area (Å²) in [5.41, 5.74) is 4.04. The number of allylic oxidation sites excluding steroid dienone is 1. The SMILES string of the molecule is C=CCc1cc(/C=C2/NC(=O)N(Cc3ccccc3F)C2=O)cc(OCC)c1OCc1ccc(C)cc1. The summed E-state index contributed by atoms with van der Waals surface area (Å²) < 4.78 is 26.2. The van der Waals surface area contributed by atoms with Gasteiger partial charge in [0.25, 0.3) is 5.91 Å². The van der Waals surface area contributed by atoms with E-state index in [0.717, 1.165) is 16.0 Å². The van der Waals surface area contributed by atoms with E-state index < -0.39 is 17.8 Å². The number of carbonyl (C=O) groups is 2. The number of hydrogen-bond acceptors (Lipinski definition) is 4. The molecule has 1 saturated heterocycles. The van der Waals surface area contributed by atoms with Crippen molar-refractivity contribution in [2.75, 3.05) is 6.61 Å². The minimum atomic E-state index is -0.603. The molecule has 0 spiro atoms. The topological polar surface area (TPSA) is 67.9 Å². The number of urea groups is 1. The first-order valence-electron chi connectivity index (χ1n) is 12.1. The van der Waals surface area contributed by atoms with Gasteiger partial charge in [0, 0.05) is 11.1 Å². The van der Waals surface area contributed by atoms with Gasteiger partial charge in [-0.15, -0.1) is 6.58 Å². The van der Waals surface area contributed by atoms with Gasteiger partial charge in [0.2, 0.25) is 0 Å². The Balaban J connectivity index is 1.62. The molecule has 0 saturated carbocycles. The molecule has 3 amide bonds. The van der Waals surface area contributed by atoms with E-state index in [-0.39, 0.29) is 17.8 Å². The van der Waals surface area contributed by atoms with Crippen LogP contribution in [0.4, 0.5) is 9.18 Å². The molecule has 1 heterocycles. The van der Waals surface area contributed by atoms with Crippen molar-refractivity contribution in [1.82, 2.24) is 10.2 Å². The first-order chi connectivity index (χ1) is 17.9. The van der Waals surface area contributed by atoms with Crippen molar-refractivity contribution in [3.05, 3.63) is 113 Å². The number of nitrogens with zero attached hydrogens (tertiary/aromatic N) is 1. The second-order valence-electron chi connectivity index (χ2n) is 8.68. The van der Waals surface area contributed by atoms with Gasteiger partial charge in [0.1, 0.15) is 18.1 Å². The smallest absolute Gasteiger partial charge is 0.329 e. The van der Waals surface area contributed by atoms with E-state index in [1.807, 2.05) is 44.2 Å². The van der Waals surface area contributed by atoms with Gasteiger partial charge in [0.15, 0.2) is 11.5 Å². The molecule has 1 aliphatic rings. The van der Waals surface area contributed by atoms with Gasteiger partial charge in [-0.05, 0) is 55.7 Å². The third-order valence-corrected chi connectivity index (χ3v) is 5.88. The Labute approximate surface area is 216 Å². The number of aryl methyl sites for hydroxylation is 1. The van der Waals surface area contributed by atoms with Crippen LogP contribution in [0.25, 0.3) is 6.08 Å². The lowest BCUT2D eigenvalue weighted by Crippen LogP contribution is -2.30. The summed E-state index contributed by atoms with van der Waals surface area (Å²) >= 11 is 0. The maximum Gasteiger partial charge on any atom is 0.329 e. The summed E-state index contributed by atoms with van der Waals surface area (Å²) in [6.07, 6.45) is 3.86. The fraction of sp³-hybridized carbons (Fsp3) is 0.200. The number of ether oxygens (including phenoxy) is 2. The highest BCUT2D eigenvalue weighted by atomic mass is 19.1. The van der Waals surface area contributed by atoms with Crippen molar-refractivity contribution in [3.63, 3.8) is 0 Å². The zero-order valence-corrected chi connectivity index (χ0v) is 20.9. The van der Waals surface area contributed by atoms with E-state index in [4.69, 9.17) is 9.47 Å². The van der Waals surface area contributed by atoms with E-state index >= 15 is 0 Å². The van der Waals surface area contributed by atoms with Crippen molar-refractivity contribution in [3.8, 4) is 11.5 Å². The third-order valence-electron chi connectivity index (χ3n) is 5.88. The largest absolute Gasteiger partial charge is 0.490 e. The van der Waals surface area contributed by atoms with E-state index in [1.54, 1.807) is 36.4 Å². The highest BCUT2D eigenvalue weighted by Crippen LogP contribution is 2.35. The Hall–Kier alpha value is -4.39. The summed E-state index contributed by atoms with van der Waals surface area (Å²) in [4.78, 5) is 26.5. The molecule has 1 aliphatic heterocycles. The Morgan fingerprint density at radius 3 is 2.49 bits per heavy atom. The van der Waals surface area contributed by atoms with Crippen molar-refractivity contribution >= 4 is 18.0 Å². The van der Waals surface area contributed by atoms with E-state index in [2.05, 4.69) is 11.9 Å². The van der Waals surface area contributed by atoms with Crippen LogP contribution in [0.2, 0.25) is 0 Å². The number of carbonyl (C=O) groups excluding carboxylic acids is 2. The summed E-state index contributed by atoms with van der Waals surface area (Å²) in [6, 6.07) is 17.2. The van der Waals surface area contributed by atoms with Crippen LogP contribution in [0.5, 0.6) is 11.5 Å². The van der Waals surface area contributed by atoms with E-state index in [1.165, 1.54) is 11.6 Å². The zero-order valence-electron chi connectivity index (χ0n) is 20.9. The average Bonchev–Trinajstić information content (AvgIpc) is 3.13. The normalized spacial score (nSPS) is 14.1. The van der Waals surface area contributed by atoms with Gasteiger partial charge >= 0.3 is 6.03 Å². The molecule has 1 N–H and O–H groups in total. The molecule has 3 aromatic rings. The van der Waals surface area contributed by atoms with E-state index in [9.17, 15) is 14.0 Å². The van der Waals surface area contributed by atoms with Crippen LogP contribution in [-0.4, -0.2) is 23.4 Å². The molecule has 0 aliphatic carbocycles. The predicted molar refractivity (Wildman–Crippen MR) is 140 cm³/mol. The van der Waals surface area contributed by atoms with Gasteiger partial charge in [0.05, 0.1) is 13.2 Å². The fourth-order valence-electron chi connectivity index (χ4n) is 4.02. The molecule has 0 atom stereocenters. The number of amides is 3. The third kappa shape index (κ3) is 6.06. The van der Waals surface area contributed by atoms with Crippen LogP contribution >= 0.6 is 0 Å². The standard InChI is InChI=1S/C30H29FN2O4/c1-4-8-23-15-22(17-27(36-5-2)28(23)37-19-21-13-11-20(3)12-14-21)16-26-29(34)33(30(35)32-26)18-24-9-6-7-10-25(24)31/h4,6-7,9-17H,1,5,8,18-19H2,2-3H3,(H,32,35)/b26-16+. The molecule has 6 nitrogen and oxygen atoms in total. The second kappa shape index (κ2) is 11.6.